The number of hydrogen-bond acceptors (Lipinski definition) is 19. The number of carbonyl (C=O) groups is 1. The van der Waals surface area contributed by atoms with E-state index in [1.165, 1.54) is 14.0 Å². The highest BCUT2D eigenvalue weighted by Gasteiger charge is 2.79. The van der Waals surface area contributed by atoms with Gasteiger partial charge in [0.05, 0.1) is 61.0 Å². The normalized spacial score (nSPS) is 54.0. The van der Waals surface area contributed by atoms with Gasteiger partial charge in [0.2, 0.25) is 0 Å². The summed E-state index contributed by atoms with van der Waals surface area (Å²) >= 11 is 0. The summed E-state index contributed by atoms with van der Waals surface area (Å²) in [5.74, 6) is -1.55. The molecule has 19 heteroatoms. The Morgan fingerprint density at radius 2 is 1.15 bits per heavy atom. The first kappa shape index (κ1) is 53.0. The predicted octanol–water partition coefficient (Wildman–Crippen LogP) is 1.80. The number of methoxy groups -OCH3 is 4. The van der Waals surface area contributed by atoms with E-state index in [1.807, 2.05) is 26.8 Å². The highest BCUT2D eigenvalue weighted by atomic mass is 16.8. The number of carbonyl (C=O) groups excluding carboxylic acids is 1. The van der Waals surface area contributed by atoms with Crippen LogP contribution in [0.15, 0.2) is 11.6 Å². The molecule has 390 valence electrons. The van der Waals surface area contributed by atoms with Crippen molar-refractivity contribution in [2.45, 2.75) is 240 Å². The Balaban J connectivity index is 0.851. The minimum Gasteiger partial charge on any atom is -0.392 e. The van der Waals surface area contributed by atoms with Crippen molar-refractivity contribution < 1.29 is 92.3 Å². The van der Waals surface area contributed by atoms with Gasteiger partial charge in [-0.3, -0.25) is 4.79 Å². The van der Waals surface area contributed by atoms with Crippen molar-refractivity contribution >= 4 is 5.78 Å². The molecule has 0 aromatic heterocycles. The fourth-order valence-electron chi connectivity index (χ4n) is 14.1. The largest absolute Gasteiger partial charge is 0.392 e. The molecule has 0 spiro atoms. The fourth-order valence-corrected chi connectivity index (χ4v) is 14.1. The van der Waals surface area contributed by atoms with Crippen LogP contribution in [-0.4, -0.2) is 199 Å². The van der Waals surface area contributed by atoms with E-state index in [0.717, 1.165) is 5.57 Å². The minimum absolute atomic E-state index is 0.0115. The van der Waals surface area contributed by atoms with Crippen molar-refractivity contribution in [1.82, 2.24) is 0 Å². The van der Waals surface area contributed by atoms with Gasteiger partial charge >= 0.3 is 0 Å². The summed E-state index contributed by atoms with van der Waals surface area (Å²) < 4.78 is 74.4. The van der Waals surface area contributed by atoms with Crippen LogP contribution in [0, 0.1) is 22.7 Å². The van der Waals surface area contributed by atoms with E-state index in [1.54, 1.807) is 35.2 Å². The number of hydrogen-bond donors (Lipinski definition) is 6. The van der Waals surface area contributed by atoms with Crippen molar-refractivity contribution in [2.75, 3.05) is 28.4 Å². The van der Waals surface area contributed by atoms with Crippen LogP contribution in [0.2, 0.25) is 0 Å². The Hall–Kier alpha value is -1.31. The molecule has 0 bridgehead atoms. The van der Waals surface area contributed by atoms with Crippen LogP contribution in [-0.2, 0) is 61.6 Å². The Kier molecular flexibility index (Phi) is 15.7. The topological polar surface area (TPSA) is 249 Å². The number of fused-ring (bicyclic) bond motifs is 5. The monoisotopic (exact) mass is 973 g/mol. The molecule has 4 aliphatic heterocycles. The number of ether oxygens (including phenoxy) is 12. The average Bonchev–Trinajstić information content (AvgIpc) is 3.52. The molecule has 3 saturated carbocycles. The van der Waals surface area contributed by atoms with E-state index >= 15 is 0 Å². The van der Waals surface area contributed by atoms with E-state index in [4.69, 9.17) is 56.8 Å². The smallest absolute Gasteiger partial charge is 0.187 e. The molecule has 68 heavy (non-hydrogen) atoms. The molecule has 0 aromatic carbocycles. The summed E-state index contributed by atoms with van der Waals surface area (Å²) in [5.41, 5.74) is -4.72. The van der Waals surface area contributed by atoms with E-state index in [9.17, 15) is 35.4 Å². The lowest BCUT2D eigenvalue weighted by molar-refractivity contribution is -0.356. The zero-order valence-corrected chi connectivity index (χ0v) is 41.6. The molecule has 4 aliphatic carbocycles. The van der Waals surface area contributed by atoms with Gasteiger partial charge in [-0.2, -0.15) is 0 Å². The molecule has 4 heterocycles. The molecule has 0 aromatic rings. The third-order valence-electron chi connectivity index (χ3n) is 18.0. The second kappa shape index (κ2) is 20.2. The zero-order valence-electron chi connectivity index (χ0n) is 41.6. The number of rotatable bonds is 13. The van der Waals surface area contributed by atoms with Crippen LogP contribution in [0.1, 0.15) is 106 Å². The molecule has 0 radical (unpaired) electrons. The van der Waals surface area contributed by atoms with Gasteiger partial charge in [-0.1, -0.05) is 25.5 Å². The first-order valence-electron chi connectivity index (χ1n) is 24.8. The number of aliphatic hydroxyl groups excluding tert-OH is 4. The molecule has 0 amide bonds. The van der Waals surface area contributed by atoms with Gasteiger partial charge in [0, 0.05) is 65.0 Å². The number of Topliss-reactive ketones (excluding diaryl/α,β-unsaturated/α-hetero) is 1. The number of ketones is 1. The molecule has 0 unspecified atom stereocenters. The third-order valence-corrected chi connectivity index (χ3v) is 18.0. The van der Waals surface area contributed by atoms with Crippen LogP contribution in [0.25, 0.3) is 0 Å². The summed E-state index contributed by atoms with van der Waals surface area (Å²) in [6, 6.07) is 0. The molecule has 7 fully saturated rings. The van der Waals surface area contributed by atoms with Crippen LogP contribution in [0.4, 0.5) is 0 Å². The van der Waals surface area contributed by atoms with Crippen molar-refractivity contribution in [3.63, 3.8) is 0 Å². The third kappa shape index (κ3) is 8.80. The molecule has 19 nitrogen and oxygen atoms in total. The van der Waals surface area contributed by atoms with Gasteiger partial charge in [0.25, 0.3) is 0 Å². The van der Waals surface area contributed by atoms with Gasteiger partial charge < -0.3 is 87.5 Å². The Bertz CT molecular complexity index is 1790. The van der Waals surface area contributed by atoms with E-state index in [-0.39, 0.29) is 31.1 Å². The molecular formula is C49H80O19. The van der Waals surface area contributed by atoms with E-state index in [0.29, 0.717) is 38.5 Å². The molecule has 8 rings (SSSR count). The van der Waals surface area contributed by atoms with Gasteiger partial charge in [-0.15, -0.1) is 0 Å². The quantitative estimate of drug-likeness (QED) is 0.144. The van der Waals surface area contributed by atoms with Gasteiger partial charge in [0.15, 0.2) is 25.2 Å². The second-order valence-corrected chi connectivity index (χ2v) is 21.6. The number of aliphatic hydroxyl groups is 6. The van der Waals surface area contributed by atoms with Crippen LogP contribution >= 0.6 is 0 Å². The molecule has 4 saturated heterocycles. The van der Waals surface area contributed by atoms with E-state index < -0.39 is 151 Å². The molecule has 6 N–H and O–H groups in total. The molecule has 8 aliphatic rings. The highest BCUT2D eigenvalue weighted by molar-refractivity contribution is 5.80. The maximum Gasteiger partial charge on any atom is 0.187 e. The van der Waals surface area contributed by atoms with Gasteiger partial charge in [0.1, 0.15) is 53.6 Å². The second-order valence-electron chi connectivity index (χ2n) is 21.6. The van der Waals surface area contributed by atoms with Crippen LogP contribution < -0.4 is 0 Å². The Morgan fingerprint density at radius 1 is 0.632 bits per heavy atom. The predicted molar refractivity (Wildman–Crippen MR) is 237 cm³/mol. The summed E-state index contributed by atoms with van der Waals surface area (Å²) in [4.78, 5) is 12.8. The fraction of sp³-hybridized carbons (Fsp3) is 0.939. The Labute approximate surface area is 400 Å². The first-order chi connectivity index (χ1) is 32.1. The lowest BCUT2D eigenvalue weighted by Crippen LogP contribution is -2.78. The maximum absolute atomic E-state index is 12.8. The highest BCUT2D eigenvalue weighted by Crippen LogP contribution is 2.69. The van der Waals surface area contributed by atoms with Crippen molar-refractivity contribution in [3.8, 4) is 0 Å². The summed E-state index contributed by atoms with van der Waals surface area (Å²) in [5, 5.41) is 69.4. The van der Waals surface area contributed by atoms with E-state index in [2.05, 4.69) is 6.92 Å². The molecule has 26 atom stereocenters. The standard InChI is InChI=1S/C49H80O19/c1-22(50)29-17-35(52)49(56)47(29,7)34(51)21-33-46(6)14-13-28(16-27(46)12-15-48(33,49)55)65-36-18-30(57-8)41(24(3)61-36)66-37-19-31(58-9)42(25(4)62-37)67-38-20-32(59-10)43(26(5)63-38)68-45-40(54)44(60-11)39(53)23(2)64-45/h12,23-26,28-45,51-56H,13-21H2,1-11H3/t23-,24-,25-,26-,28+,29+,30+,31+,32-,33-,34-,35-,36+,37+,38+,39-,40-,41-,42-,43-,44+,45+,46+,47+,48+,49-/m1/s1. The maximum atomic E-state index is 12.8. The lowest BCUT2D eigenvalue weighted by atomic mass is 9.42. The zero-order chi connectivity index (χ0) is 49.4. The van der Waals surface area contributed by atoms with Gasteiger partial charge in [-0.05, 0) is 78.6 Å². The average molecular weight is 973 g/mol. The summed E-state index contributed by atoms with van der Waals surface area (Å²) in [7, 11) is 6.25. The Morgan fingerprint density at radius 3 is 1.65 bits per heavy atom. The van der Waals surface area contributed by atoms with Crippen molar-refractivity contribution in [1.29, 1.82) is 0 Å². The lowest BCUT2D eigenvalue weighted by Gasteiger charge is -2.66. The minimum atomic E-state index is -2.07. The van der Waals surface area contributed by atoms with Crippen LogP contribution in [0.3, 0.4) is 0 Å². The SMILES string of the molecule is CO[C@@H]1[C@@H](O)[C@H](O[C@@H]2[C@@H](C)O[C@@H](O[C@H]3[C@@H](OC)C[C@H](O[C@H]4[C@@H](OC)C[C@H](O[C@H]5CC[C@@]6(C)C(=CC[C@]7(O)[C@@H]6C[C@@H](O)[C@]6(C)[C@H](C(C)=O)C[C@@H](O)[C@@]67O)C5)O[C@@H]4C)O[C@@H]3C)C[C@H]2OC)O[C@H](C)[C@H]1O. The summed E-state index contributed by atoms with van der Waals surface area (Å²) in [6.07, 6.45) is -8.76. The van der Waals surface area contributed by atoms with Gasteiger partial charge in [-0.25, -0.2) is 0 Å². The van der Waals surface area contributed by atoms with Crippen molar-refractivity contribution in [3.05, 3.63) is 11.6 Å². The summed E-state index contributed by atoms with van der Waals surface area (Å²) in [6.45, 7) is 12.5. The first-order valence-corrected chi connectivity index (χ1v) is 24.8. The van der Waals surface area contributed by atoms with Crippen LogP contribution in [0.5, 0.6) is 0 Å². The molecular weight excluding hydrogens is 893 g/mol. The van der Waals surface area contributed by atoms with Crippen molar-refractivity contribution in [2.24, 2.45) is 22.7 Å².